The van der Waals surface area contributed by atoms with E-state index >= 15 is 0 Å². The second-order valence-electron chi connectivity index (χ2n) is 5.62. The van der Waals surface area contributed by atoms with E-state index in [0.29, 0.717) is 25.3 Å². The zero-order chi connectivity index (χ0) is 13.8. The summed E-state index contributed by atoms with van der Waals surface area (Å²) in [4.78, 5) is 28.1. The van der Waals surface area contributed by atoms with Crippen molar-refractivity contribution in [3.8, 4) is 0 Å². The van der Waals surface area contributed by atoms with Crippen LogP contribution in [0.25, 0.3) is 0 Å². The SMILES string of the molecule is CCC(C(=O)N1CCC(CN)CC1)N1CCCC1=O. The number of nitrogens with zero attached hydrogens (tertiary/aromatic N) is 2. The third-order valence-electron chi connectivity index (χ3n) is 4.42. The van der Waals surface area contributed by atoms with Crippen molar-refractivity contribution in [3.63, 3.8) is 0 Å². The Hall–Kier alpha value is -1.10. The molecule has 0 radical (unpaired) electrons. The molecule has 1 atom stereocenters. The number of carbonyl (C=O) groups excluding carboxylic acids is 2. The summed E-state index contributed by atoms with van der Waals surface area (Å²) in [5.74, 6) is 0.822. The number of hydrogen-bond acceptors (Lipinski definition) is 3. The number of hydrogen-bond donors (Lipinski definition) is 1. The standard InChI is InChI=1S/C14H25N3O2/c1-2-12(17-7-3-4-13(17)18)14(19)16-8-5-11(10-15)6-9-16/h11-12H,2-10,15H2,1H3. The molecular formula is C14H25N3O2. The highest BCUT2D eigenvalue weighted by Crippen LogP contribution is 2.21. The highest BCUT2D eigenvalue weighted by Gasteiger charge is 2.34. The molecule has 5 heteroatoms. The second-order valence-corrected chi connectivity index (χ2v) is 5.62. The van der Waals surface area contributed by atoms with E-state index in [-0.39, 0.29) is 17.9 Å². The Kier molecular flexibility index (Phi) is 4.80. The number of likely N-dealkylation sites (tertiary alicyclic amines) is 2. The van der Waals surface area contributed by atoms with Gasteiger partial charge in [0, 0.05) is 26.1 Å². The molecule has 2 amide bonds. The number of carbonyl (C=O) groups is 2. The topological polar surface area (TPSA) is 66.6 Å². The van der Waals surface area contributed by atoms with Gasteiger partial charge in [-0.3, -0.25) is 9.59 Å². The minimum Gasteiger partial charge on any atom is -0.341 e. The molecule has 2 aliphatic rings. The van der Waals surface area contributed by atoms with Crippen molar-refractivity contribution in [2.75, 3.05) is 26.2 Å². The summed E-state index contributed by atoms with van der Waals surface area (Å²) in [5, 5.41) is 0. The summed E-state index contributed by atoms with van der Waals surface area (Å²) < 4.78 is 0. The Balaban J connectivity index is 1.95. The van der Waals surface area contributed by atoms with E-state index in [0.717, 1.165) is 38.9 Å². The lowest BCUT2D eigenvalue weighted by Crippen LogP contribution is -2.51. The molecule has 5 nitrogen and oxygen atoms in total. The summed E-state index contributed by atoms with van der Waals surface area (Å²) in [5.41, 5.74) is 5.67. The van der Waals surface area contributed by atoms with Crippen molar-refractivity contribution in [2.24, 2.45) is 11.7 Å². The predicted octanol–water partition coefficient (Wildman–Crippen LogP) is 0.585. The molecule has 19 heavy (non-hydrogen) atoms. The van der Waals surface area contributed by atoms with E-state index in [2.05, 4.69) is 0 Å². The van der Waals surface area contributed by atoms with Gasteiger partial charge in [0.15, 0.2) is 0 Å². The molecule has 0 saturated carbocycles. The molecule has 0 aromatic heterocycles. The molecule has 0 aliphatic carbocycles. The highest BCUT2D eigenvalue weighted by atomic mass is 16.2. The molecule has 108 valence electrons. The lowest BCUT2D eigenvalue weighted by Gasteiger charge is -2.36. The molecule has 2 heterocycles. The molecule has 0 aromatic carbocycles. The van der Waals surface area contributed by atoms with E-state index in [4.69, 9.17) is 5.73 Å². The Morgan fingerprint density at radius 3 is 2.53 bits per heavy atom. The van der Waals surface area contributed by atoms with E-state index in [1.165, 1.54) is 0 Å². The van der Waals surface area contributed by atoms with Gasteiger partial charge in [0.1, 0.15) is 6.04 Å². The van der Waals surface area contributed by atoms with Gasteiger partial charge in [-0.1, -0.05) is 6.92 Å². The van der Waals surface area contributed by atoms with Crippen molar-refractivity contribution >= 4 is 11.8 Å². The summed E-state index contributed by atoms with van der Waals surface area (Å²) in [7, 11) is 0. The Morgan fingerprint density at radius 2 is 2.05 bits per heavy atom. The van der Waals surface area contributed by atoms with E-state index in [1.54, 1.807) is 4.90 Å². The van der Waals surface area contributed by atoms with Gasteiger partial charge >= 0.3 is 0 Å². The van der Waals surface area contributed by atoms with Crippen molar-refractivity contribution < 1.29 is 9.59 Å². The van der Waals surface area contributed by atoms with Crippen LogP contribution in [0.5, 0.6) is 0 Å². The van der Waals surface area contributed by atoms with Crippen molar-refractivity contribution in [3.05, 3.63) is 0 Å². The smallest absolute Gasteiger partial charge is 0.245 e. The van der Waals surface area contributed by atoms with Gasteiger partial charge in [-0.05, 0) is 38.1 Å². The first-order valence-electron chi connectivity index (χ1n) is 7.45. The first-order valence-corrected chi connectivity index (χ1v) is 7.45. The average Bonchev–Trinajstić information content (AvgIpc) is 2.86. The first kappa shape index (κ1) is 14.3. The molecular weight excluding hydrogens is 242 g/mol. The van der Waals surface area contributed by atoms with Crippen LogP contribution in [0.2, 0.25) is 0 Å². The van der Waals surface area contributed by atoms with Crippen molar-refractivity contribution in [2.45, 2.75) is 45.1 Å². The third-order valence-corrected chi connectivity index (χ3v) is 4.42. The molecule has 2 saturated heterocycles. The summed E-state index contributed by atoms with van der Waals surface area (Å²) >= 11 is 0. The Labute approximate surface area is 115 Å². The Morgan fingerprint density at radius 1 is 1.37 bits per heavy atom. The van der Waals surface area contributed by atoms with Crippen molar-refractivity contribution in [1.82, 2.24) is 9.80 Å². The second kappa shape index (κ2) is 6.37. The maximum atomic E-state index is 12.6. The molecule has 2 rings (SSSR count). The summed E-state index contributed by atoms with van der Waals surface area (Å²) in [6.45, 7) is 5.02. The number of nitrogens with two attached hydrogens (primary N) is 1. The number of piperidine rings is 1. The van der Waals surface area contributed by atoms with Gasteiger partial charge in [-0.2, -0.15) is 0 Å². The zero-order valence-corrected chi connectivity index (χ0v) is 11.8. The van der Waals surface area contributed by atoms with Crippen LogP contribution >= 0.6 is 0 Å². The fraction of sp³-hybridized carbons (Fsp3) is 0.857. The van der Waals surface area contributed by atoms with Gasteiger partial charge in [0.25, 0.3) is 0 Å². The maximum absolute atomic E-state index is 12.6. The van der Waals surface area contributed by atoms with Crippen LogP contribution in [0.3, 0.4) is 0 Å². The van der Waals surface area contributed by atoms with Crippen LogP contribution in [-0.4, -0.2) is 53.8 Å². The predicted molar refractivity (Wildman–Crippen MR) is 73.4 cm³/mol. The van der Waals surface area contributed by atoms with Crippen LogP contribution < -0.4 is 5.73 Å². The van der Waals surface area contributed by atoms with Crippen LogP contribution in [0, 0.1) is 5.92 Å². The number of amides is 2. The zero-order valence-electron chi connectivity index (χ0n) is 11.8. The molecule has 0 bridgehead atoms. The highest BCUT2D eigenvalue weighted by molar-refractivity contribution is 5.88. The quantitative estimate of drug-likeness (QED) is 0.810. The molecule has 2 fully saturated rings. The van der Waals surface area contributed by atoms with Gasteiger partial charge in [-0.15, -0.1) is 0 Å². The molecule has 0 aromatic rings. The largest absolute Gasteiger partial charge is 0.341 e. The van der Waals surface area contributed by atoms with Gasteiger partial charge in [-0.25, -0.2) is 0 Å². The molecule has 1 unspecified atom stereocenters. The lowest BCUT2D eigenvalue weighted by atomic mass is 9.96. The van der Waals surface area contributed by atoms with Gasteiger partial charge in [0.05, 0.1) is 0 Å². The minimum absolute atomic E-state index is 0.133. The minimum atomic E-state index is -0.246. The molecule has 2 N–H and O–H groups in total. The van der Waals surface area contributed by atoms with E-state index < -0.39 is 0 Å². The molecule has 2 aliphatic heterocycles. The van der Waals surface area contributed by atoms with Crippen LogP contribution in [0.4, 0.5) is 0 Å². The van der Waals surface area contributed by atoms with Crippen LogP contribution in [0.15, 0.2) is 0 Å². The Bertz CT molecular complexity index is 338. The lowest BCUT2D eigenvalue weighted by molar-refractivity contribution is -0.144. The fourth-order valence-electron chi connectivity index (χ4n) is 3.13. The van der Waals surface area contributed by atoms with Crippen molar-refractivity contribution in [1.29, 1.82) is 0 Å². The first-order chi connectivity index (χ1) is 9.17. The monoisotopic (exact) mass is 267 g/mol. The van der Waals surface area contributed by atoms with Gasteiger partial charge in [0.2, 0.25) is 11.8 Å². The van der Waals surface area contributed by atoms with Crippen LogP contribution in [-0.2, 0) is 9.59 Å². The molecule has 0 spiro atoms. The summed E-state index contributed by atoms with van der Waals surface area (Å²) in [6.07, 6.45) is 4.18. The van der Waals surface area contributed by atoms with Gasteiger partial charge < -0.3 is 15.5 Å². The fourth-order valence-corrected chi connectivity index (χ4v) is 3.13. The summed E-state index contributed by atoms with van der Waals surface area (Å²) in [6, 6.07) is -0.246. The van der Waals surface area contributed by atoms with E-state index in [1.807, 2.05) is 11.8 Å². The maximum Gasteiger partial charge on any atom is 0.245 e. The van der Waals surface area contributed by atoms with Crippen LogP contribution in [0.1, 0.15) is 39.0 Å². The van der Waals surface area contributed by atoms with E-state index in [9.17, 15) is 9.59 Å². The number of rotatable bonds is 4. The normalized spacial score (nSPS) is 22.9. The average molecular weight is 267 g/mol. The third kappa shape index (κ3) is 3.08.